The Morgan fingerprint density at radius 2 is 1.62 bits per heavy atom. The molecule has 1 saturated carbocycles. The van der Waals surface area contributed by atoms with Crippen molar-refractivity contribution in [1.29, 1.82) is 0 Å². The van der Waals surface area contributed by atoms with Crippen LogP contribution in [0.2, 0.25) is 0 Å². The van der Waals surface area contributed by atoms with Crippen molar-refractivity contribution in [2.24, 2.45) is 5.92 Å². The Balaban J connectivity index is 2.05. The average molecular weight is 293 g/mol. The van der Waals surface area contributed by atoms with Gasteiger partial charge in [-0.2, -0.15) is 0 Å². The highest BCUT2D eigenvalue weighted by Gasteiger charge is 2.21. The lowest BCUT2D eigenvalue weighted by Gasteiger charge is -2.21. The van der Waals surface area contributed by atoms with Gasteiger partial charge in [-0.15, -0.1) is 0 Å². The molecular weight excluding hydrogens is 266 g/mol. The molecule has 0 radical (unpaired) electrons. The van der Waals surface area contributed by atoms with Crippen molar-refractivity contribution in [3.05, 3.63) is 17.7 Å². The topological polar surface area (TPSA) is 39.7 Å². The first-order valence-corrected chi connectivity index (χ1v) is 7.71. The van der Waals surface area contributed by atoms with E-state index in [2.05, 4.69) is 12.2 Å². The fourth-order valence-corrected chi connectivity index (χ4v) is 3.14. The molecule has 0 heterocycles. The molecule has 1 aliphatic carbocycles. The van der Waals surface area contributed by atoms with Gasteiger partial charge in [0, 0.05) is 12.6 Å². The molecule has 0 saturated heterocycles. The van der Waals surface area contributed by atoms with Gasteiger partial charge in [0.2, 0.25) is 5.75 Å². The first-order valence-electron chi connectivity index (χ1n) is 7.71. The van der Waals surface area contributed by atoms with Crippen LogP contribution >= 0.6 is 0 Å². The third-order valence-corrected chi connectivity index (χ3v) is 4.46. The van der Waals surface area contributed by atoms with Crippen LogP contribution in [-0.2, 0) is 6.54 Å². The summed E-state index contributed by atoms with van der Waals surface area (Å²) >= 11 is 0. The highest BCUT2D eigenvalue weighted by atomic mass is 16.5. The zero-order valence-corrected chi connectivity index (χ0v) is 13.6. The predicted molar refractivity (Wildman–Crippen MR) is 84.4 cm³/mol. The summed E-state index contributed by atoms with van der Waals surface area (Å²) in [6.45, 7) is 3.10. The lowest BCUT2D eigenvalue weighted by atomic mass is 9.99. The van der Waals surface area contributed by atoms with Crippen LogP contribution in [0.4, 0.5) is 0 Å². The number of hydrogen-bond donors (Lipinski definition) is 1. The summed E-state index contributed by atoms with van der Waals surface area (Å²) in [5, 5.41) is 3.63. The van der Waals surface area contributed by atoms with E-state index in [9.17, 15) is 0 Å². The van der Waals surface area contributed by atoms with Gasteiger partial charge in [0.1, 0.15) is 0 Å². The van der Waals surface area contributed by atoms with E-state index in [-0.39, 0.29) is 0 Å². The van der Waals surface area contributed by atoms with E-state index < -0.39 is 0 Å². The summed E-state index contributed by atoms with van der Waals surface area (Å²) in [6, 6.07) is 4.57. The van der Waals surface area contributed by atoms with E-state index in [0.29, 0.717) is 23.3 Å². The molecule has 0 aromatic heterocycles. The van der Waals surface area contributed by atoms with E-state index in [1.165, 1.54) is 25.7 Å². The smallest absolute Gasteiger partial charge is 0.203 e. The molecule has 1 atom stereocenters. The fourth-order valence-electron chi connectivity index (χ4n) is 3.14. The van der Waals surface area contributed by atoms with Crippen LogP contribution in [0.5, 0.6) is 17.2 Å². The molecule has 0 aliphatic heterocycles. The maximum absolute atomic E-state index is 5.39. The molecule has 1 N–H and O–H groups in total. The number of nitrogens with one attached hydrogen (secondary N) is 1. The Kier molecular flexibility index (Phi) is 5.74. The monoisotopic (exact) mass is 293 g/mol. The Bertz CT molecular complexity index is 430. The molecule has 21 heavy (non-hydrogen) atoms. The zero-order valence-electron chi connectivity index (χ0n) is 13.6. The number of ether oxygens (including phenoxy) is 3. The van der Waals surface area contributed by atoms with E-state index in [0.717, 1.165) is 18.0 Å². The summed E-state index contributed by atoms with van der Waals surface area (Å²) in [4.78, 5) is 0. The molecule has 4 nitrogen and oxygen atoms in total. The second-order valence-electron chi connectivity index (χ2n) is 5.75. The lowest BCUT2D eigenvalue weighted by Crippen LogP contribution is -2.31. The van der Waals surface area contributed by atoms with Crippen LogP contribution in [0, 0.1) is 5.92 Å². The Hall–Kier alpha value is -1.42. The fraction of sp³-hybridized carbons (Fsp3) is 0.647. The second kappa shape index (κ2) is 7.55. The first kappa shape index (κ1) is 16.0. The molecule has 4 heteroatoms. The van der Waals surface area contributed by atoms with Gasteiger partial charge >= 0.3 is 0 Å². The number of benzene rings is 1. The van der Waals surface area contributed by atoms with Crippen molar-refractivity contribution in [3.8, 4) is 17.2 Å². The Morgan fingerprint density at radius 3 is 2.10 bits per heavy atom. The quantitative estimate of drug-likeness (QED) is 0.836. The van der Waals surface area contributed by atoms with Crippen LogP contribution < -0.4 is 19.5 Å². The summed E-state index contributed by atoms with van der Waals surface area (Å²) in [7, 11) is 4.92. The number of hydrogen-bond acceptors (Lipinski definition) is 4. The van der Waals surface area contributed by atoms with E-state index in [1.54, 1.807) is 21.3 Å². The van der Waals surface area contributed by atoms with Gasteiger partial charge in [-0.05, 0) is 43.4 Å². The van der Waals surface area contributed by atoms with Gasteiger partial charge < -0.3 is 19.5 Å². The summed E-state index contributed by atoms with van der Waals surface area (Å²) < 4.78 is 16.1. The zero-order chi connectivity index (χ0) is 15.2. The minimum Gasteiger partial charge on any atom is -0.493 e. The number of methoxy groups -OCH3 is 3. The normalized spacial score (nSPS) is 16.8. The molecular formula is C17H27NO3. The molecule has 0 unspecified atom stereocenters. The highest BCUT2D eigenvalue weighted by Crippen LogP contribution is 2.38. The van der Waals surface area contributed by atoms with Crippen molar-refractivity contribution in [1.82, 2.24) is 5.32 Å². The third-order valence-electron chi connectivity index (χ3n) is 4.46. The number of rotatable bonds is 7. The first-order chi connectivity index (χ1) is 10.2. The maximum atomic E-state index is 5.39. The molecule has 1 aromatic rings. The van der Waals surface area contributed by atoms with E-state index >= 15 is 0 Å². The molecule has 2 rings (SSSR count). The van der Waals surface area contributed by atoms with Gasteiger partial charge in [0.15, 0.2) is 11.5 Å². The van der Waals surface area contributed by atoms with Crippen molar-refractivity contribution in [3.63, 3.8) is 0 Å². The van der Waals surface area contributed by atoms with Gasteiger partial charge in [-0.3, -0.25) is 0 Å². The molecule has 118 valence electrons. The van der Waals surface area contributed by atoms with Crippen molar-refractivity contribution < 1.29 is 14.2 Å². The van der Waals surface area contributed by atoms with Gasteiger partial charge in [-0.1, -0.05) is 12.8 Å². The molecule has 0 amide bonds. The maximum Gasteiger partial charge on any atom is 0.203 e. The van der Waals surface area contributed by atoms with Crippen LogP contribution in [0.25, 0.3) is 0 Å². The standard InChI is InChI=1S/C17H27NO3/c1-12(14-7-5-6-8-14)18-11-13-9-15(19-2)17(21-4)16(10-13)20-3/h9-10,12,14,18H,5-8,11H2,1-4H3/t12-/m1/s1. The SMILES string of the molecule is COc1cc(CN[C@H](C)C2CCCC2)cc(OC)c1OC. The highest BCUT2D eigenvalue weighted by molar-refractivity contribution is 5.53. The second-order valence-corrected chi connectivity index (χ2v) is 5.75. The van der Waals surface area contributed by atoms with Crippen LogP contribution in [0.1, 0.15) is 38.2 Å². The molecule has 0 spiro atoms. The average Bonchev–Trinajstić information content (AvgIpc) is 3.05. The van der Waals surface area contributed by atoms with Crippen LogP contribution in [-0.4, -0.2) is 27.4 Å². The van der Waals surface area contributed by atoms with Crippen LogP contribution in [0.15, 0.2) is 12.1 Å². The van der Waals surface area contributed by atoms with Crippen LogP contribution in [0.3, 0.4) is 0 Å². The van der Waals surface area contributed by atoms with Gasteiger partial charge in [0.05, 0.1) is 21.3 Å². The minimum atomic E-state index is 0.548. The summed E-state index contributed by atoms with van der Waals surface area (Å²) in [6.07, 6.45) is 5.45. The van der Waals surface area contributed by atoms with E-state index in [1.807, 2.05) is 12.1 Å². The van der Waals surface area contributed by atoms with Gasteiger partial charge in [-0.25, -0.2) is 0 Å². The lowest BCUT2D eigenvalue weighted by molar-refractivity contribution is 0.323. The molecule has 1 aliphatic rings. The molecule has 1 fully saturated rings. The van der Waals surface area contributed by atoms with Crippen molar-refractivity contribution in [2.75, 3.05) is 21.3 Å². The minimum absolute atomic E-state index is 0.548. The Morgan fingerprint density at radius 1 is 1.05 bits per heavy atom. The van der Waals surface area contributed by atoms with Crippen molar-refractivity contribution in [2.45, 2.75) is 45.2 Å². The van der Waals surface area contributed by atoms with Crippen molar-refractivity contribution >= 4 is 0 Å². The Labute approximate surface area is 127 Å². The summed E-state index contributed by atoms with van der Waals surface area (Å²) in [5.74, 6) is 2.88. The molecule has 1 aromatic carbocycles. The summed E-state index contributed by atoms with van der Waals surface area (Å²) in [5.41, 5.74) is 1.15. The molecule has 0 bridgehead atoms. The predicted octanol–water partition coefficient (Wildman–Crippen LogP) is 3.38. The largest absolute Gasteiger partial charge is 0.493 e. The third kappa shape index (κ3) is 3.82. The van der Waals surface area contributed by atoms with Gasteiger partial charge in [0.25, 0.3) is 0 Å². The van der Waals surface area contributed by atoms with E-state index in [4.69, 9.17) is 14.2 Å².